The number of para-hydroxylation sites is 1. The number of hydrogen-bond donors (Lipinski definition) is 0. The van der Waals surface area contributed by atoms with Gasteiger partial charge >= 0.3 is 0 Å². The van der Waals surface area contributed by atoms with Gasteiger partial charge in [0.05, 0.1) is 18.2 Å². The second-order valence-electron chi connectivity index (χ2n) is 5.77. The van der Waals surface area contributed by atoms with Crippen molar-refractivity contribution < 1.29 is 0 Å². The van der Waals surface area contributed by atoms with Crippen LogP contribution >= 0.6 is 15.9 Å². The molecule has 3 nitrogen and oxygen atoms in total. The van der Waals surface area contributed by atoms with E-state index in [2.05, 4.69) is 70.9 Å². The van der Waals surface area contributed by atoms with E-state index in [1.807, 2.05) is 6.07 Å². The number of benzene rings is 1. The zero-order chi connectivity index (χ0) is 14.0. The van der Waals surface area contributed by atoms with Gasteiger partial charge in [-0.25, -0.2) is 0 Å². The van der Waals surface area contributed by atoms with Gasteiger partial charge < -0.3 is 4.90 Å². The molecule has 0 aliphatic carbocycles. The summed E-state index contributed by atoms with van der Waals surface area (Å²) < 4.78 is 1.12. The van der Waals surface area contributed by atoms with E-state index in [1.165, 1.54) is 5.69 Å². The quantitative estimate of drug-likeness (QED) is 0.837. The Labute approximate surface area is 123 Å². The second kappa shape index (κ2) is 5.52. The minimum Gasteiger partial charge on any atom is -0.367 e. The smallest absolute Gasteiger partial charge is 0.0638 e. The van der Waals surface area contributed by atoms with E-state index in [1.54, 1.807) is 0 Å². The molecule has 1 saturated heterocycles. The minimum atomic E-state index is 0.0645. The van der Waals surface area contributed by atoms with Crippen LogP contribution in [-0.4, -0.2) is 36.6 Å². The van der Waals surface area contributed by atoms with Crippen molar-refractivity contribution in [3.05, 3.63) is 28.7 Å². The molecule has 1 aromatic rings. The van der Waals surface area contributed by atoms with Crippen LogP contribution in [0.15, 0.2) is 28.7 Å². The molecule has 0 radical (unpaired) electrons. The molecule has 0 N–H and O–H groups in total. The van der Waals surface area contributed by atoms with Gasteiger partial charge in [-0.3, -0.25) is 4.90 Å². The zero-order valence-corrected chi connectivity index (χ0v) is 13.3. The average molecular weight is 322 g/mol. The lowest BCUT2D eigenvalue weighted by atomic mass is 9.94. The van der Waals surface area contributed by atoms with Gasteiger partial charge in [0.25, 0.3) is 0 Å². The monoisotopic (exact) mass is 321 g/mol. The Bertz CT molecular complexity index is 492. The van der Waals surface area contributed by atoms with Gasteiger partial charge in [-0.15, -0.1) is 0 Å². The lowest BCUT2D eigenvalue weighted by Gasteiger charge is -2.50. The van der Waals surface area contributed by atoms with Crippen LogP contribution in [0.2, 0.25) is 0 Å². The third kappa shape index (κ3) is 2.93. The van der Waals surface area contributed by atoms with E-state index in [9.17, 15) is 0 Å². The predicted molar refractivity (Wildman–Crippen MR) is 82.2 cm³/mol. The summed E-state index contributed by atoms with van der Waals surface area (Å²) in [5, 5.41) is 9.01. The molecule has 0 aromatic heterocycles. The number of anilines is 1. The van der Waals surface area contributed by atoms with Crippen LogP contribution in [0.5, 0.6) is 0 Å². The van der Waals surface area contributed by atoms with E-state index < -0.39 is 0 Å². The molecule has 102 valence electrons. The molecule has 2 rings (SSSR count). The average Bonchev–Trinajstić information content (AvgIpc) is 2.35. The molecule has 0 amide bonds. The third-order valence-corrected chi connectivity index (χ3v) is 4.70. The highest BCUT2D eigenvalue weighted by Gasteiger charge is 2.37. The fraction of sp³-hybridized carbons (Fsp3) is 0.533. The number of nitrogens with zero attached hydrogens (tertiary/aromatic N) is 3. The molecule has 1 aliphatic heterocycles. The van der Waals surface area contributed by atoms with Crippen LogP contribution in [0.1, 0.15) is 20.3 Å². The molecule has 0 spiro atoms. The third-order valence-electron chi connectivity index (χ3n) is 4.03. The second-order valence-corrected chi connectivity index (χ2v) is 6.63. The summed E-state index contributed by atoms with van der Waals surface area (Å²) >= 11 is 3.62. The first kappa shape index (κ1) is 14.4. The summed E-state index contributed by atoms with van der Waals surface area (Å²) in [6, 6.07) is 10.9. The lowest BCUT2D eigenvalue weighted by molar-refractivity contribution is 0.0826. The molecule has 1 atom stereocenters. The molecule has 19 heavy (non-hydrogen) atoms. The highest BCUT2D eigenvalue weighted by molar-refractivity contribution is 9.10. The van der Waals surface area contributed by atoms with Gasteiger partial charge in [0, 0.05) is 29.1 Å². The lowest BCUT2D eigenvalue weighted by Crippen LogP contribution is -2.62. The molecule has 0 bridgehead atoms. The topological polar surface area (TPSA) is 30.3 Å². The maximum absolute atomic E-state index is 9.01. The van der Waals surface area contributed by atoms with Crippen LogP contribution in [0.4, 0.5) is 5.69 Å². The molecular weight excluding hydrogens is 302 g/mol. The molecule has 1 fully saturated rings. The van der Waals surface area contributed by atoms with Crippen LogP contribution < -0.4 is 4.90 Å². The summed E-state index contributed by atoms with van der Waals surface area (Å²) in [5.74, 6) is 0. The number of rotatable bonds is 2. The van der Waals surface area contributed by atoms with Crippen molar-refractivity contribution in [1.29, 1.82) is 5.26 Å². The number of likely N-dealkylation sites (N-methyl/N-ethyl adjacent to an activating group) is 1. The van der Waals surface area contributed by atoms with Crippen molar-refractivity contribution in [3.8, 4) is 6.07 Å². The summed E-state index contributed by atoms with van der Waals surface area (Å²) in [6.07, 6.45) is 0.570. The Kier molecular flexibility index (Phi) is 4.17. The summed E-state index contributed by atoms with van der Waals surface area (Å²) in [7, 11) is 2.12. The summed E-state index contributed by atoms with van der Waals surface area (Å²) in [4.78, 5) is 4.72. The first-order valence-electron chi connectivity index (χ1n) is 6.55. The maximum atomic E-state index is 9.01. The number of halogens is 1. The van der Waals surface area contributed by atoms with Crippen molar-refractivity contribution in [2.24, 2.45) is 0 Å². The molecule has 1 heterocycles. The van der Waals surface area contributed by atoms with Gasteiger partial charge in [0.2, 0.25) is 0 Å². The van der Waals surface area contributed by atoms with Crippen molar-refractivity contribution in [2.75, 3.05) is 25.0 Å². The van der Waals surface area contributed by atoms with E-state index >= 15 is 0 Å². The highest BCUT2D eigenvalue weighted by Crippen LogP contribution is 2.32. The largest absolute Gasteiger partial charge is 0.367 e. The fourth-order valence-corrected chi connectivity index (χ4v) is 3.25. The van der Waals surface area contributed by atoms with Crippen molar-refractivity contribution in [3.63, 3.8) is 0 Å². The molecule has 1 unspecified atom stereocenters. The first-order chi connectivity index (χ1) is 8.95. The Balaban J connectivity index is 2.29. The zero-order valence-electron chi connectivity index (χ0n) is 11.7. The van der Waals surface area contributed by atoms with Gasteiger partial charge in [0.1, 0.15) is 0 Å². The molecule has 4 heteroatoms. The van der Waals surface area contributed by atoms with E-state index in [-0.39, 0.29) is 11.6 Å². The van der Waals surface area contributed by atoms with Crippen LogP contribution in [0, 0.1) is 11.3 Å². The molecule has 0 saturated carbocycles. The molecule has 1 aliphatic rings. The van der Waals surface area contributed by atoms with Gasteiger partial charge in [0.15, 0.2) is 0 Å². The molecular formula is C15H20BrN3. The van der Waals surface area contributed by atoms with E-state index in [0.717, 1.165) is 17.6 Å². The van der Waals surface area contributed by atoms with Gasteiger partial charge in [-0.05, 0) is 49.0 Å². The van der Waals surface area contributed by atoms with E-state index in [0.29, 0.717) is 6.42 Å². The standard InChI is InChI=1S/C15H20BrN3/c1-15(2)11-19(10-12(8-9-17)18(15)3)14-7-5-4-6-13(14)16/h4-7,12H,8,10-11H2,1-3H3. The van der Waals surface area contributed by atoms with Crippen LogP contribution in [0.3, 0.4) is 0 Å². The SMILES string of the molecule is CN1C(CC#N)CN(c2ccccc2Br)CC1(C)C. The summed E-state index contributed by atoms with van der Waals surface area (Å²) in [6.45, 7) is 6.34. The van der Waals surface area contributed by atoms with Gasteiger partial charge in [-0.1, -0.05) is 12.1 Å². The minimum absolute atomic E-state index is 0.0645. The number of nitriles is 1. The Morgan fingerprint density at radius 1 is 1.42 bits per heavy atom. The Morgan fingerprint density at radius 3 is 2.74 bits per heavy atom. The van der Waals surface area contributed by atoms with Crippen molar-refractivity contribution >= 4 is 21.6 Å². The number of piperazine rings is 1. The fourth-order valence-electron chi connectivity index (χ4n) is 2.71. The Hall–Kier alpha value is -1.05. The number of hydrogen-bond acceptors (Lipinski definition) is 3. The Morgan fingerprint density at radius 2 is 2.11 bits per heavy atom. The highest BCUT2D eigenvalue weighted by atomic mass is 79.9. The van der Waals surface area contributed by atoms with Crippen LogP contribution in [0.25, 0.3) is 0 Å². The van der Waals surface area contributed by atoms with Crippen molar-refractivity contribution in [2.45, 2.75) is 31.8 Å². The maximum Gasteiger partial charge on any atom is 0.0638 e. The summed E-state index contributed by atoms with van der Waals surface area (Å²) in [5.41, 5.74) is 1.28. The van der Waals surface area contributed by atoms with Gasteiger partial charge in [-0.2, -0.15) is 5.26 Å². The predicted octanol–water partition coefficient (Wildman–Crippen LogP) is 3.26. The first-order valence-corrected chi connectivity index (χ1v) is 7.34. The van der Waals surface area contributed by atoms with Crippen LogP contribution in [-0.2, 0) is 0 Å². The van der Waals surface area contributed by atoms with Crippen molar-refractivity contribution in [1.82, 2.24) is 4.90 Å². The molecule has 1 aromatic carbocycles. The van der Waals surface area contributed by atoms with E-state index in [4.69, 9.17) is 5.26 Å². The normalized spacial score (nSPS) is 23.1.